The molecule has 0 amide bonds. The Labute approximate surface area is 106 Å². The second-order valence-electron chi connectivity index (χ2n) is 6.80. The Morgan fingerprint density at radius 1 is 1.38 bits per heavy atom. The van der Waals surface area contributed by atoms with Crippen molar-refractivity contribution >= 4 is 11.6 Å². The van der Waals surface area contributed by atoms with Gasteiger partial charge in [0.1, 0.15) is 0 Å². The Hall–Kier alpha value is 0.250. The highest BCUT2D eigenvalue weighted by Crippen LogP contribution is 2.33. The number of halogens is 1. The van der Waals surface area contributed by atoms with Crippen LogP contribution in [0.1, 0.15) is 66.7 Å². The zero-order valence-electron chi connectivity index (χ0n) is 11.5. The van der Waals surface area contributed by atoms with Crippen LogP contribution < -0.4 is 0 Å². The molecule has 1 aliphatic heterocycles. The van der Waals surface area contributed by atoms with E-state index >= 15 is 0 Å². The Morgan fingerprint density at radius 3 is 2.44 bits per heavy atom. The van der Waals surface area contributed by atoms with E-state index in [1.54, 1.807) is 0 Å². The molecule has 0 N–H and O–H groups in total. The highest BCUT2D eigenvalue weighted by molar-refractivity contribution is 6.21. The highest BCUT2D eigenvalue weighted by Gasteiger charge is 2.31. The molecule has 0 spiro atoms. The van der Waals surface area contributed by atoms with Crippen LogP contribution in [0.15, 0.2) is 0 Å². The standard InChI is InChI=1S/C14H27ClO/c1-13(2,3)12(15)8-6-7-11-9-10-14(4,5)16-11/h11-12H,6-10H2,1-5H3. The Morgan fingerprint density at radius 2 is 2.00 bits per heavy atom. The van der Waals surface area contributed by atoms with Gasteiger partial charge in [-0.15, -0.1) is 11.6 Å². The number of hydrogen-bond acceptors (Lipinski definition) is 1. The lowest BCUT2D eigenvalue weighted by Gasteiger charge is -2.25. The smallest absolute Gasteiger partial charge is 0.0631 e. The first-order valence-electron chi connectivity index (χ1n) is 6.53. The molecule has 1 saturated heterocycles. The minimum atomic E-state index is 0.106. The third-order valence-electron chi connectivity index (χ3n) is 3.48. The predicted octanol–water partition coefficient (Wildman–Crippen LogP) is 4.77. The van der Waals surface area contributed by atoms with Crippen LogP contribution in [-0.2, 0) is 4.74 Å². The van der Waals surface area contributed by atoms with Crippen molar-refractivity contribution in [3.8, 4) is 0 Å². The van der Waals surface area contributed by atoms with Gasteiger partial charge in [0.05, 0.1) is 11.7 Å². The first kappa shape index (κ1) is 14.3. The largest absolute Gasteiger partial charge is 0.372 e. The van der Waals surface area contributed by atoms with Gasteiger partial charge in [-0.1, -0.05) is 20.8 Å². The second-order valence-corrected chi connectivity index (χ2v) is 7.33. The summed E-state index contributed by atoms with van der Waals surface area (Å²) in [5.41, 5.74) is 0.326. The summed E-state index contributed by atoms with van der Waals surface area (Å²) in [6.07, 6.45) is 6.34. The van der Waals surface area contributed by atoms with Crippen molar-refractivity contribution in [2.24, 2.45) is 5.41 Å². The number of rotatable bonds is 4. The molecule has 0 aliphatic carbocycles. The summed E-state index contributed by atoms with van der Waals surface area (Å²) in [5, 5.41) is 0.280. The monoisotopic (exact) mass is 246 g/mol. The van der Waals surface area contributed by atoms with Gasteiger partial charge in [-0.2, -0.15) is 0 Å². The summed E-state index contributed by atoms with van der Waals surface area (Å²) >= 11 is 6.36. The van der Waals surface area contributed by atoms with Crippen LogP contribution in [-0.4, -0.2) is 17.1 Å². The van der Waals surface area contributed by atoms with Gasteiger partial charge in [0, 0.05) is 5.38 Å². The molecule has 96 valence electrons. The molecular weight excluding hydrogens is 220 g/mol. The molecule has 0 aromatic carbocycles. The normalized spacial score (nSPS) is 27.0. The number of hydrogen-bond donors (Lipinski definition) is 0. The van der Waals surface area contributed by atoms with Crippen LogP contribution in [0.2, 0.25) is 0 Å². The molecule has 0 saturated carbocycles. The lowest BCUT2D eigenvalue weighted by Crippen LogP contribution is -2.22. The summed E-state index contributed by atoms with van der Waals surface area (Å²) in [7, 11) is 0. The maximum absolute atomic E-state index is 6.36. The zero-order valence-corrected chi connectivity index (χ0v) is 12.2. The van der Waals surface area contributed by atoms with Crippen LogP contribution in [0.5, 0.6) is 0 Å². The molecule has 2 unspecified atom stereocenters. The van der Waals surface area contributed by atoms with Gasteiger partial charge >= 0.3 is 0 Å². The molecule has 2 heteroatoms. The fourth-order valence-corrected chi connectivity index (χ4v) is 2.39. The van der Waals surface area contributed by atoms with Crippen molar-refractivity contribution in [3.05, 3.63) is 0 Å². The van der Waals surface area contributed by atoms with E-state index in [0.717, 1.165) is 6.42 Å². The maximum atomic E-state index is 6.36. The first-order valence-corrected chi connectivity index (χ1v) is 6.96. The van der Waals surface area contributed by atoms with Gasteiger partial charge < -0.3 is 4.74 Å². The van der Waals surface area contributed by atoms with Crippen molar-refractivity contribution in [1.82, 2.24) is 0 Å². The fraction of sp³-hybridized carbons (Fsp3) is 1.00. The molecule has 1 rings (SSSR count). The van der Waals surface area contributed by atoms with Crippen LogP contribution >= 0.6 is 11.6 Å². The van der Waals surface area contributed by atoms with Crippen LogP contribution in [0.4, 0.5) is 0 Å². The first-order chi connectivity index (χ1) is 7.21. The van der Waals surface area contributed by atoms with Gasteiger partial charge in [-0.25, -0.2) is 0 Å². The van der Waals surface area contributed by atoms with Crippen molar-refractivity contribution in [3.63, 3.8) is 0 Å². The molecule has 0 aromatic rings. The van der Waals surface area contributed by atoms with E-state index in [1.807, 2.05) is 0 Å². The van der Waals surface area contributed by atoms with E-state index in [4.69, 9.17) is 16.3 Å². The van der Waals surface area contributed by atoms with E-state index in [2.05, 4.69) is 34.6 Å². The Kier molecular flexibility index (Phi) is 4.71. The predicted molar refractivity (Wildman–Crippen MR) is 71.1 cm³/mol. The average molecular weight is 247 g/mol. The van der Waals surface area contributed by atoms with Gasteiger partial charge in [-0.3, -0.25) is 0 Å². The third kappa shape index (κ3) is 4.63. The average Bonchev–Trinajstić information content (AvgIpc) is 2.44. The lowest BCUT2D eigenvalue weighted by atomic mass is 9.88. The molecule has 1 aliphatic rings. The van der Waals surface area contributed by atoms with E-state index in [1.165, 1.54) is 25.7 Å². The van der Waals surface area contributed by atoms with Gasteiger partial charge in [0.25, 0.3) is 0 Å². The van der Waals surface area contributed by atoms with E-state index in [-0.39, 0.29) is 16.4 Å². The molecule has 1 fully saturated rings. The van der Waals surface area contributed by atoms with Crippen LogP contribution in [0.3, 0.4) is 0 Å². The number of ether oxygens (including phenoxy) is 1. The second kappa shape index (κ2) is 5.27. The zero-order chi connectivity index (χ0) is 12.4. The topological polar surface area (TPSA) is 9.23 Å². The van der Waals surface area contributed by atoms with Crippen molar-refractivity contribution in [2.45, 2.75) is 83.8 Å². The summed E-state index contributed by atoms with van der Waals surface area (Å²) < 4.78 is 5.97. The molecule has 0 bridgehead atoms. The molecule has 0 radical (unpaired) electrons. The minimum Gasteiger partial charge on any atom is -0.372 e. The van der Waals surface area contributed by atoms with Crippen LogP contribution in [0.25, 0.3) is 0 Å². The summed E-state index contributed by atoms with van der Waals surface area (Å²) in [6.45, 7) is 11.0. The molecule has 1 heterocycles. The van der Waals surface area contributed by atoms with Gasteiger partial charge in [0.15, 0.2) is 0 Å². The quantitative estimate of drug-likeness (QED) is 0.650. The minimum absolute atomic E-state index is 0.106. The van der Waals surface area contributed by atoms with Gasteiger partial charge in [0.2, 0.25) is 0 Å². The SMILES string of the molecule is CC1(C)CCC(CCCC(Cl)C(C)(C)C)O1. The Bertz CT molecular complexity index is 217. The van der Waals surface area contributed by atoms with Crippen molar-refractivity contribution < 1.29 is 4.74 Å². The lowest BCUT2D eigenvalue weighted by molar-refractivity contribution is -0.0192. The maximum Gasteiger partial charge on any atom is 0.0631 e. The summed E-state index contributed by atoms with van der Waals surface area (Å²) in [6, 6.07) is 0. The van der Waals surface area contributed by atoms with Crippen molar-refractivity contribution in [1.29, 1.82) is 0 Å². The van der Waals surface area contributed by atoms with Gasteiger partial charge in [-0.05, 0) is 51.4 Å². The molecule has 2 atom stereocenters. The molecule has 16 heavy (non-hydrogen) atoms. The molecule has 0 aromatic heterocycles. The third-order valence-corrected chi connectivity index (χ3v) is 4.35. The summed E-state index contributed by atoms with van der Waals surface area (Å²) in [5.74, 6) is 0. The van der Waals surface area contributed by atoms with E-state index in [0.29, 0.717) is 6.10 Å². The van der Waals surface area contributed by atoms with E-state index in [9.17, 15) is 0 Å². The highest BCUT2D eigenvalue weighted by atomic mass is 35.5. The Balaban J connectivity index is 2.17. The van der Waals surface area contributed by atoms with Crippen LogP contribution in [0, 0.1) is 5.41 Å². The van der Waals surface area contributed by atoms with Crippen molar-refractivity contribution in [2.75, 3.05) is 0 Å². The fourth-order valence-electron chi connectivity index (χ4n) is 2.24. The molecule has 1 nitrogen and oxygen atoms in total. The number of alkyl halides is 1. The van der Waals surface area contributed by atoms with E-state index < -0.39 is 0 Å². The molecular formula is C14H27ClO. The summed E-state index contributed by atoms with van der Waals surface area (Å²) in [4.78, 5) is 0.